The molecule has 0 heterocycles. The normalized spacial score (nSPS) is 17.9. The van der Waals surface area contributed by atoms with Crippen LogP contribution in [0.5, 0.6) is 0 Å². The van der Waals surface area contributed by atoms with Gasteiger partial charge in [0.2, 0.25) is 0 Å². The van der Waals surface area contributed by atoms with Gasteiger partial charge in [0.15, 0.2) is 0 Å². The van der Waals surface area contributed by atoms with Crippen LogP contribution in [0.15, 0.2) is 11.8 Å². The molecule has 0 bridgehead atoms. The molecule has 0 aliphatic heterocycles. The molecule has 14 heavy (non-hydrogen) atoms. The van der Waals surface area contributed by atoms with Crippen LogP contribution in [-0.2, 0) is 9.53 Å². The minimum atomic E-state index is -0.0701. The van der Waals surface area contributed by atoms with E-state index in [0.29, 0.717) is 6.42 Å². The number of carbonyl (C=O) groups excluding carboxylic acids is 1. The first-order valence-corrected chi connectivity index (χ1v) is 5.72. The summed E-state index contributed by atoms with van der Waals surface area (Å²) in [4.78, 5) is 11.2. The molecule has 0 spiro atoms. The first-order valence-electron chi connectivity index (χ1n) is 5.72. The van der Waals surface area contributed by atoms with Gasteiger partial charge in [-0.2, -0.15) is 0 Å². The summed E-state index contributed by atoms with van der Waals surface area (Å²) in [6.45, 7) is 1.99. The standard InChI is InChI=1S/C12H20O2/c1-2-8-12(13)14-11-9-6-4-3-5-7-10-11/h9H,2-8,10H2,1H3. The van der Waals surface area contributed by atoms with Crippen LogP contribution in [-0.4, -0.2) is 5.97 Å². The highest BCUT2D eigenvalue weighted by Gasteiger charge is 2.07. The van der Waals surface area contributed by atoms with E-state index >= 15 is 0 Å². The van der Waals surface area contributed by atoms with E-state index in [1.807, 2.05) is 6.92 Å². The quantitative estimate of drug-likeness (QED) is 0.645. The molecule has 0 atom stereocenters. The van der Waals surface area contributed by atoms with Crippen LogP contribution in [0.2, 0.25) is 0 Å². The molecule has 1 rings (SSSR count). The zero-order chi connectivity index (χ0) is 10.2. The maximum absolute atomic E-state index is 11.2. The Morgan fingerprint density at radius 3 is 2.93 bits per heavy atom. The number of hydrogen-bond donors (Lipinski definition) is 0. The van der Waals surface area contributed by atoms with E-state index in [1.165, 1.54) is 19.3 Å². The number of carbonyl (C=O) groups is 1. The molecule has 2 nitrogen and oxygen atoms in total. The van der Waals surface area contributed by atoms with Gasteiger partial charge in [-0.3, -0.25) is 4.79 Å². The molecule has 0 aromatic heterocycles. The predicted octanol–water partition coefficient (Wildman–Crippen LogP) is 3.57. The lowest BCUT2D eigenvalue weighted by molar-refractivity contribution is -0.139. The Labute approximate surface area is 86.3 Å². The van der Waals surface area contributed by atoms with E-state index in [0.717, 1.165) is 31.4 Å². The van der Waals surface area contributed by atoms with Gasteiger partial charge >= 0.3 is 5.97 Å². The molecule has 0 saturated heterocycles. The van der Waals surface area contributed by atoms with Crippen molar-refractivity contribution in [2.75, 3.05) is 0 Å². The van der Waals surface area contributed by atoms with Gasteiger partial charge in [0.05, 0.1) is 0 Å². The van der Waals surface area contributed by atoms with Crippen LogP contribution < -0.4 is 0 Å². The highest BCUT2D eigenvalue weighted by molar-refractivity contribution is 5.70. The van der Waals surface area contributed by atoms with Crippen molar-refractivity contribution < 1.29 is 9.53 Å². The van der Waals surface area contributed by atoms with Gasteiger partial charge in [-0.15, -0.1) is 0 Å². The molecule has 0 aromatic carbocycles. The fraction of sp³-hybridized carbons (Fsp3) is 0.750. The fourth-order valence-electron chi connectivity index (χ4n) is 1.66. The van der Waals surface area contributed by atoms with Crippen LogP contribution in [0, 0.1) is 0 Å². The van der Waals surface area contributed by atoms with Crippen molar-refractivity contribution in [3.8, 4) is 0 Å². The minimum Gasteiger partial charge on any atom is -0.431 e. The molecule has 0 N–H and O–H groups in total. The largest absolute Gasteiger partial charge is 0.431 e. The Kier molecular flexibility index (Phi) is 5.35. The van der Waals surface area contributed by atoms with Crippen molar-refractivity contribution in [1.29, 1.82) is 0 Å². The van der Waals surface area contributed by atoms with Crippen molar-refractivity contribution in [1.82, 2.24) is 0 Å². The molecule has 0 saturated carbocycles. The topological polar surface area (TPSA) is 26.3 Å². The first kappa shape index (κ1) is 11.3. The lowest BCUT2D eigenvalue weighted by atomic mass is 10.1. The minimum absolute atomic E-state index is 0.0701. The van der Waals surface area contributed by atoms with E-state index in [-0.39, 0.29) is 5.97 Å². The third-order valence-electron chi connectivity index (χ3n) is 2.45. The lowest BCUT2D eigenvalue weighted by Gasteiger charge is -2.11. The average molecular weight is 196 g/mol. The van der Waals surface area contributed by atoms with Gasteiger partial charge in [-0.1, -0.05) is 19.8 Å². The van der Waals surface area contributed by atoms with Gasteiger partial charge in [-0.25, -0.2) is 0 Å². The van der Waals surface area contributed by atoms with Crippen molar-refractivity contribution in [3.63, 3.8) is 0 Å². The summed E-state index contributed by atoms with van der Waals surface area (Å²) in [5, 5.41) is 0. The Morgan fingerprint density at radius 1 is 1.36 bits per heavy atom. The maximum Gasteiger partial charge on any atom is 0.310 e. The number of rotatable bonds is 3. The summed E-state index contributed by atoms with van der Waals surface area (Å²) in [5.74, 6) is 0.836. The fourth-order valence-corrected chi connectivity index (χ4v) is 1.66. The summed E-state index contributed by atoms with van der Waals surface area (Å²) in [6, 6.07) is 0. The summed E-state index contributed by atoms with van der Waals surface area (Å²) < 4.78 is 5.29. The second-order valence-electron chi connectivity index (χ2n) is 3.85. The second kappa shape index (κ2) is 6.63. The van der Waals surface area contributed by atoms with Crippen LogP contribution >= 0.6 is 0 Å². The molecule has 2 heteroatoms. The van der Waals surface area contributed by atoms with Crippen LogP contribution in [0.25, 0.3) is 0 Å². The predicted molar refractivity (Wildman–Crippen MR) is 56.8 cm³/mol. The molecular formula is C12H20O2. The molecule has 1 aliphatic carbocycles. The van der Waals surface area contributed by atoms with Crippen LogP contribution in [0.3, 0.4) is 0 Å². The van der Waals surface area contributed by atoms with Gasteiger partial charge in [0.25, 0.3) is 0 Å². The van der Waals surface area contributed by atoms with Crippen molar-refractivity contribution in [3.05, 3.63) is 11.8 Å². The summed E-state index contributed by atoms with van der Waals surface area (Å²) in [7, 11) is 0. The summed E-state index contributed by atoms with van der Waals surface area (Å²) in [5.41, 5.74) is 0. The molecule has 0 radical (unpaired) electrons. The summed E-state index contributed by atoms with van der Waals surface area (Å²) >= 11 is 0. The highest BCUT2D eigenvalue weighted by Crippen LogP contribution is 2.18. The molecule has 1 aliphatic rings. The third kappa shape index (κ3) is 4.45. The first-order chi connectivity index (χ1) is 6.83. The number of allylic oxidation sites excluding steroid dienone is 2. The zero-order valence-corrected chi connectivity index (χ0v) is 9.05. The molecule has 0 amide bonds. The zero-order valence-electron chi connectivity index (χ0n) is 9.05. The maximum atomic E-state index is 11.2. The van der Waals surface area contributed by atoms with Crippen LogP contribution in [0.1, 0.15) is 58.3 Å². The van der Waals surface area contributed by atoms with E-state index < -0.39 is 0 Å². The molecule has 0 fully saturated rings. The van der Waals surface area contributed by atoms with E-state index in [1.54, 1.807) is 0 Å². The third-order valence-corrected chi connectivity index (χ3v) is 2.45. The summed E-state index contributed by atoms with van der Waals surface area (Å²) in [6.07, 6.45) is 10.5. The Balaban J connectivity index is 2.36. The van der Waals surface area contributed by atoms with Gasteiger partial charge < -0.3 is 4.74 Å². The van der Waals surface area contributed by atoms with Crippen molar-refractivity contribution in [2.24, 2.45) is 0 Å². The van der Waals surface area contributed by atoms with Crippen molar-refractivity contribution >= 4 is 5.97 Å². The molecular weight excluding hydrogens is 176 g/mol. The Morgan fingerprint density at radius 2 is 2.14 bits per heavy atom. The van der Waals surface area contributed by atoms with Gasteiger partial charge in [0.1, 0.15) is 5.76 Å². The molecule has 0 unspecified atom stereocenters. The number of ether oxygens (including phenoxy) is 1. The van der Waals surface area contributed by atoms with Gasteiger partial charge in [0, 0.05) is 12.8 Å². The van der Waals surface area contributed by atoms with Crippen molar-refractivity contribution in [2.45, 2.75) is 58.3 Å². The molecule has 80 valence electrons. The SMILES string of the molecule is CCCC(=O)OC1=CCCCCCC1. The second-order valence-corrected chi connectivity index (χ2v) is 3.85. The van der Waals surface area contributed by atoms with Gasteiger partial charge in [-0.05, 0) is 31.8 Å². The smallest absolute Gasteiger partial charge is 0.310 e. The highest BCUT2D eigenvalue weighted by atomic mass is 16.5. The Bertz CT molecular complexity index is 206. The Hall–Kier alpha value is -0.790. The monoisotopic (exact) mass is 196 g/mol. The average Bonchev–Trinajstić information content (AvgIpc) is 2.10. The van der Waals surface area contributed by atoms with Crippen LogP contribution in [0.4, 0.5) is 0 Å². The van der Waals surface area contributed by atoms with E-state index in [9.17, 15) is 4.79 Å². The number of esters is 1. The van der Waals surface area contributed by atoms with E-state index in [2.05, 4.69) is 6.08 Å². The molecule has 0 aromatic rings. The number of hydrogen-bond acceptors (Lipinski definition) is 2. The lowest BCUT2D eigenvalue weighted by Crippen LogP contribution is -2.04. The van der Waals surface area contributed by atoms with E-state index in [4.69, 9.17) is 4.74 Å².